The minimum absolute atomic E-state index is 0.337. The third-order valence-electron chi connectivity index (χ3n) is 2.98. The summed E-state index contributed by atoms with van der Waals surface area (Å²) in [6.45, 7) is 4.51. The van der Waals surface area contributed by atoms with Crippen LogP contribution in [0.25, 0.3) is 0 Å². The third kappa shape index (κ3) is 2.99. The van der Waals surface area contributed by atoms with E-state index >= 15 is 0 Å². The Bertz CT molecular complexity index is 588. The highest BCUT2D eigenvalue weighted by Gasteiger charge is 2.17. The predicted octanol–water partition coefficient (Wildman–Crippen LogP) is 2.43. The molecule has 0 aliphatic heterocycles. The molecule has 5 nitrogen and oxygen atoms in total. The minimum Gasteiger partial charge on any atom is -0.497 e. The number of hydrogen-bond donors (Lipinski definition) is 0. The average Bonchev–Trinajstić information content (AvgIpc) is 2.81. The Labute approximate surface area is 118 Å². The number of aryl methyl sites for hydroxylation is 1. The van der Waals surface area contributed by atoms with Crippen molar-refractivity contribution in [3.63, 3.8) is 0 Å². The number of nitrogens with zero attached hydrogens (tertiary/aromatic N) is 2. The SMILES string of the molecule is CCOC(=O)c1c(C)cnn1Cc1ccc(OC)cc1. The first kappa shape index (κ1) is 14.1. The number of benzene rings is 1. The van der Waals surface area contributed by atoms with Crippen molar-refractivity contribution >= 4 is 5.97 Å². The normalized spacial score (nSPS) is 10.3. The van der Waals surface area contributed by atoms with Gasteiger partial charge in [0.25, 0.3) is 0 Å². The van der Waals surface area contributed by atoms with Crippen LogP contribution in [0.15, 0.2) is 30.5 Å². The van der Waals surface area contributed by atoms with Crippen LogP contribution in [-0.2, 0) is 11.3 Å². The lowest BCUT2D eigenvalue weighted by Crippen LogP contribution is -2.15. The second kappa shape index (κ2) is 6.23. The van der Waals surface area contributed by atoms with Gasteiger partial charge in [-0.05, 0) is 31.5 Å². The molecule has 5 heteroatoms. The van der Waals surface area contributed by atoms with Gasteiger partial charge in [-0.15, -0.1) is 0 Å². The Hall–Kier alpha value is -2.30. The molecular weight excluding hydrogens is 256 g/mol. The summed E-state index contributed by atoms with van der Waals surface area (Å²) < 4.78 is 11.8. The summed E-state index contributed by atoms with van der Waals surface area (Å²) in [6, 6.07) is 7.67. The topological polar surface area (TPSA) is 53.3 Å². The third-order valence-corrected chi connectivity index (χ3v) is 2.98. The molecule has 0 saturated heterocycles. The molecule has 0 bridgehead atoms. The molecule has 0 N–H and O–H groups in total. The Morgan fingerprint density at radius 3 is 2.60 bits per heavy atom. The lowest BCUT2D eigenvalue weighted by Gasteiger charge is -2.08. The van der Waals surface area contributed by atoms with Gasteiger partial charge in [-0.2, -0.15) is 5.10 Å². The molecule has 20 heavy (non-hydrogen) atoms. The summed E-state index contributed by atoms with van der Waals surface area (Å²) in [5.74, 6) is 0.465. The summed E-state index contributed by atoms with van der Waals surface area (Å²) in [5.41, 5.74) is 2.36. The zero-order valence-corrected chi connectivity index (χ0v) is 11.9. The Morgan fingerprint density at radius 2 is 2.00 bits per heavy atom. The molecule has 1 aromatic heterocycles. The molecule has 0 atom stereocenters. The Morgan fingerprint density at radius 1 is 1.30 bits per heavy atom. The molecule has 1 aromatic carbocycles. The zero-order valence-electron chi connectivity index (χ0n) is 11.9. The molecular formula is C15H18N2O3. The molecule has 2 aromatic rings. The molecule has 0 radical (unpaired) electrons. The average molecular weight is 274 g/mol. The maximum atomic E-state index is 11.9. The fourth-order valence-electron chi connectivity index (χ4n) is 1.97. The van der Waals surface area contributed by atoms with Gasteiger partial charge in [-0.3, -0.25) is 4.68 Å². The minimum atomic E-state index is -0.337. The van der Waals surface area contributed by atoms with Crippen molar-refractivity contribution in [3.05, 3.63) is 47.3 Å². The number of methoxy groups -OCH3 is 1. The molecule has 106 valence electrons. The van der Waals surface area contributed by atoms with E-state index in [4.69, 9.17) is 9.47 Å². The molecule has 0 saturated carbocycles. The summed E-state index contributed by atoms with van der Waals surface area (Å²) in [7, 11) is 1.63. The maximum absolute atomic E-state index is 11.9. The van der Waals surface area contributed by atoms with Crippen molar-refractivity contribution in [3.8, 4) is 5.75 Å². The van der Waals surface area contributed by atoms with Gasteiger partial charge in [0.05, 0.1) is 26.5 Å². The van der Waals surface area contributed by atoms with E-state index in [1.165, 1.54) is 0 Å². The molecule has 0 aliphatic carbocycles. The van der Waals surface area contributed by atoms with E-state index in [0.717, 1.165) is 16.9 Å². The first-order valence-electron chi connectivity index (χ1n) is 6.48. The largest absolute Gasteiger partial charge is 0.497 e. The number of aromatic nitrogens is 2. The first-order chi connectivity index (χ1) is 9.65. The van der Waals surface area contributed by atoms with E-state index in [1.807, 2.05) is 31.2 Å². The number of ether oxygens (including phenoxy) is 2. The maximum Gasteiger partial charge on any atom is 0.356 e. The number of esters is 1. The number of rotatable bonds is 5. The van der Waals surface area contributed by atoms with Gasteiger partial charge in [0.1, 0.15) is 11.4 Å². The summed E-state index contributed by atoms with van der Waals surface area (Å²) in [4.78, 5) is 11.9. The van der Waals surface area contributed by atoms with Crippen molar-refractivity contribution < 1.29 is 14.3 Å². The summed E-state index contributed by atoms with van der Waals surface area (Å²) in [6.07, 6.45) is 1.68. The highest BCUT2D eigenvalue weighted by Crippen LogP contribution is 2.15. The standard InChI is InChI=1S/C15H18N2O3/c1-4-20-15(18)14-11(2)9-16-17(14)10-12-5-7-13(19-3)8-6-12/h5-9H,4,10H2,1-3H3. The Balaban J connectivity index is 2.22. The van der Waals surface area contributed by atoms with E-state index in [0.29, 0.717) is 18.8 Å². The second-order valence-corrected chi connectivity index (χ2v) is 4.40. The number of hydrogen-bond acceptors (Lipinski definition) is 4. The van der Waals surface area contributed by atoms with Crippen LogP contribution in [0.4, 0.5) is 0 Å². The molecule has 0 fully saturated rings. The van der Waals surface area contributed by atoms with Gasteiger partial charge in [-0.1, -0.05) is 12.1 Å². The molecule has 0 spiro atoms. The van der Waals surface area contributed by atoms with Crippen LogP contribution in [0.5, 0.6) is 5.75 Å². The molecule has 1 heterocycles. The van der Waals surface area contributed by atoms with Crippen LogP contribution < -0.4 is 4.74 Å². The molecule has 0 aliphatic rings. The fraction of sp³-hybridized carbons (Fsp3) is 0.333. The van der Waals surface area contributed by atoms with Gasteiger partial charge >= 0.3 is 5.97 Å². The van der Waals surface area contributed by atoms with Crippen molar-refractivity contribution in [1.29, 1.82) is 0 Å². The van der Waals surface area contributed by atoms with Crippen LogP contribution in [0.3, 0.4) is 0 Å². The lowest BCUT2D eigenvalue weighted by atomic mass is 10.2. The van der Waals surface area contributed by atoms with E-state index < -0.39 is 0 Å². The van der Waals surface area contributed by atoms with Crippen LogP contribution in [0.2, 0.25) is 0 Å². The van der Waals surface area contributed by atoms with Crippen molar-refractivity contribution in [2.45, 2.75) is 20.4 Å². The highest BCUT2D eigenvalue weighted by atomic mass is 16.5. The number of carbonyl (C=O) groups excluding carboxylic acids is 1. The van der Waals surface area contributed by atoms with Crippen LogP contribution in [0, 0.1) is 6.92 Å². The van der Waals surface area contributed by atoms with Crippen molar-refractivity contribution in [1.82, 2.24) is 9.78 Å². The predicted molar refractivity (Wildman–Crippen MR) is 75.0 cm³/mol. The molecule has 2 rings (SSSR count). The van der Waals surface area contributed by atoms with Gasteiger partial charge < -0.3 is 9.47 Å². The lowest BCUT2D eigenvalue weighted by molar-refractivity contribution is 0.0511. The number of carbonyl (C=O) groups is 1. The quantitative estimate of drug-likeness (QED) is 0.786. The smallest absolute Gasteiger partial charge is 0.356 e. The van der Waals surface area contributed by atoms with Gasteiger partial charge in [0, 0.05) is 5.56 Å². The van der Waals surface area contributed by atoms with Crippen LogP contribution in [-0.4, -0.2) is 29.5 Å². The second-order valence-electron chi connectivity index (χ2n) is 4.40. The van der Waals surface area contributed by atoms with E-state index in [-0.39, 0.29) is 5.97 Å². The van der Waals surface area contributed by atoms with Crippen LogP contribution in [0.1, 0.15) is 28.5 Å². The molecule has 0 amide bonds. The van der Waals surface area contributed by atoms with Crippen LogP contribution >= 0.6 is 0 Å². The van der Waals surface area contributed by atoms with Gasteiger partial charge in [0.15, 0.2) is 0 Å². The first-order valence-corrected chi connectivity index (χ1v) is 6.48. The summed E-state index contributed by atoms with van der Waals surface area (Å²) in [5, 5.41) is 4.24. The van der Waals surface area contributed by atoms with Gasteiger partial charge in [0.2, 0.25) is 0 Å². The summed E-state index contributed by atoms with van der Waals surface area (Å²) >= 11 is 0. The highest BCUT2D eigenvalue weighted by molar-refractivity contribution is 5.89. The monoisotopic (exact) mass is 274 g/mol. The van der Waals surface area contributed by atoms with E-state index in [2.05, 4.69) is 5.10 Å². The van der Waals surface area contributed by atoms with E-state index in [9.17, 15) is 4.79 Å². The van der Waals surface area contributed by atoms with Gasteiger partial charge in [-0.25, -0.2) is 4.79 Å². The van der Waals surface area contributed by atoms with E-state index in [1.54, 1.807) is 24.9 Å². The Kier molecular flexibility index (Phi) is 4.40. The fourth-order valence-corrected chi connectivity index (χ4v) is 1.97. The van der Waals surface area contributed by atoms with Crippen molar-refractivity contribution in [2.75, 3.05) is 13.7 Å². The zero-order chi connectivity index (χ0) is 14.5. The van der Waals surface area contributed by atoms with Crippen molar-refractivity contribution in [2.24, 2.45) is 0 Å². The molecule has 0 unspecified atom stereocenters.